The zero-order chi connectivity index (χ0) is 11.4. The van der Waals surface area contributed by atoms with Gasteiger partial charge in [0.05, 0.1) is 5.75 Å². The average molecular weight is 240 g/mol. The largest absolute Gasteiger partial charge is 0.368 e. The molecule has 0 atom stereocenters. The van der Waals surface area contributed by atoms with Crippen molar-refractivity contribution in [2.24, 2.45) is 0 Å². The molecular weight excluding hydrogens is 228 g/mol. The third-order valence-corrected chi connectivity index (χ3v) is 2.62. The van der Waals surface area contributed by atoms with Crippen LogP contribution in [0.2, 0.25) is 0 Å². The summed E-state index contributed by atoms with van der Waals surface area (Å²) in [5, 5.41) is 10.9. The zero-order valence-corrected chi connectivity index (χ0v) is 9.62. The average Bonchev–Trinajstić information content (AvgIpc) is 2.85. The fourth-order valence-corrected chi connectivity index (χ4v) is 1.77. The van der Waals surface area contributed by atoms with E-state index in [0.29, 0.717) is 22.7 Å². The molecule has 2 aromatic heterocycles. The highest BCUT2D eigenvalue weighted by Gasteiger charge is 2.08. The van der Waals surface area contributed by atoms with Gasteiger partial charge in [0.1, 0.15) is 0 Å². The molecule has 3 N–H and O–H groups in total. The van der Waals surface area contributed by atoms with E-state index >= 15 is 0 Å². The van der Waals surface area contributed by atoms with E-state index in [0.717, 1.165) is 18.7 Å². The van der Waals surface area contributed by atoms with Crippen molar-refractivity contribution in [1.82, 2.24) is 25.3 Å². The number of thioether (sulfide) groups is 1. The summed E-state index contributed by atoms with van der Waals surface area (Å²) < 4.78 is 5.07. The van der Waals surface area contributed by atoms with Gasteiger partial charge >= 0.3 is 0 Å². The first-order chi connectivity index (χ1) is 7.78. The van der Waals surface area contributed by atoms with Crippen molar-refractivity contribution in [3.63, 3.8) is 0 Å². The lowest BCUT2D eigenvalue weighted by Crippen LogP contribution is -1.87. The lowest BCUT2D eigenvalue weighted by Gasteiger charge is -1.88. The highest BCUT2D eigenvalue weighted by molar-refractivity contribution is 7.98. The molecular formula is C8H12N6OS. The molecule has 0 aromatic carbocycles. The van der Waals surface area contributed by atoms with Crippen LogP contribution in [-0.2, 0) is 12.2 Å². The molecule has 16 heavy (non-hydrogen) atoms. The van der Waals surface area contributed by atoms with E-state index in [2.05, 4.69) is 32.2 Å². The van der Waals surface area contributed by atoms with Crippen molar-refractivity contribution >= 4 is 17.7 Å². The van der Waals surface area contributed by atoms with Crippen molar-refractivity contribution in [2.75, 3.05) is 5.73 Å². The van der Waals surface area contributed by atoms with Gasteiger partial charge in [-0.25, -0.2) is 5.10 Å². The highest BCUT2D eigenvalue weighted by Crippen LogP contribution is 2.18. The standard InChI is InChI=1S/C8H12N6OS/c1-2-3-5-10-6(15-14-5)4-16-8-11-7(9)12-13-8/h2-4H2,1H3,(H3,9,11,12,13). The number of aromatic amines is 1. The van der Waals surface area contributed by atoms with Crippen molar-refractivity contribution < 1.29 is 4.52 Å². The van der Waals surface area contributed by atoms with Gasteiger partial charge in [0.2, 0.25) is 17.0 Å². The van der Waals surface area contributed by atoms with E-state index in [1.165, 1.54) is 11.8 Å². The maximum atomic E-state index is 5.40. The molecule has 2 heterocycles. The van der Waals surface area contributed by atoms with Crippen LogP contribution in [0.4, 0.5) is 5.95 Å². The van der Waals surface area contributed by atoms with Gasteiger partial charge in [-0.05, 0) is 6.42 Å². The van der Waals surface area contributed by atoms with Crippen LogP contribution < -0.4 is 5.73 Å². The first-order valence-corrected chi connectivity index (χ1v) is 5.88. The number of hydrogen-bond acceptors (Lipinski definition) is 7. The second-order valence-corrected chi connectivity index (χ2v) is 4.09. The smallest absolute Gasteiger partial charge is 0.237 e. The first-order valence-electron chi connectivity index (χ1n) is 4.90. The number of anilines is 1. The summed E-state index contributed by atoms with van der Waals surface area (Å²) >= 11 is 1.40. The minimum absolute atomic E-state index is 0.305. The molecule has 0 unspecified atom stereocenters. The van der Waals surface area contributed by atoms with Gasteiger partial charge in [-0.2, -0.15) is 9.97 Å². The minimum atomic E-state index is 0.305. The first kappa shape index (κ1) is 10.9. The quantitative estimate of drug-likeness (QED) is 0.751. The Bertz CT molecular complexity index is 453. The molecule has 0 radical (unpaired) electrons. The van der Waals surface area contributed by atoms with Crippen LogP contribution in [0.3, 0.4) is 0 Å². The molecule has 0 saturated heterocycles. The number of nitrogens with one attached hydrogen (secondary N) is 1. The van der Waals surface area contributed by atoms with Gasteiger partial charge in [-0.15, -0.1) is 5.10 Å². The summed E-state index contributed by atoms with van der Waals surface area (Å²) in [6.07, 6.45) is 1.84. The Morgan fingerprint density at radius 3 is 3.00 bits per heavy atom. The molecule has 8 heteroatoms. The number of aromatic nitrogens is 5. The number of nitrogen functional groups attached to an aromatic ring is 1. The van der Waals surface area contributed by atoms with Gasteiger partial charge in [-0.3, -0.25) is 0 Å². The SMILES string of the molecule is CCCc1noc(CSc2n[nH]c(N)n2)n1. The molecule has 2 aromatic rings. The Morgan fingerprint density at radius 2 is 2.31 bits per heavy atom. The highest BCUT2D eigenvalue weighted by atomic mass is 32.2. The molecule has 0 fully saturated rings. The number of aryl methyl sites for hydroxylation is 1. The van der Waals surface area contributed by atoms with E-state index in [-0.39, 0.29) is 0 Å². The summed E-state index contributed by atoms with van der Waals surface area (Å²) in [5.74, 6) is 2.18. The Morgan fingerprint density at radius 1 is 1.44 bits per heavy atom. The molecule has 0 aliphatic rings. The Labute approximate surface area is 96.2 Å². The second kappa shape index (κ2) is 4.97. The number of H-pyrrole nitrogens is 1. The Balaban J connectivity index is 1.89. The lowest BCUT2D eigenvalue weighted by molar-refractivity contribution is 0.384. The number of hydrogen-bond donors (Lipinski definition) is 2. The molecule has 2 rings (SSSR count). The van der Waals surface area contributed by atoms with E-state index < -0.39 is 0 Å². The van der Waals surface area contributed by atoms with E-state index in [4.69, 9.17) is 10.3 Å². The lowest BCUT2D eigenvalue weighted by atomic mass is 10.3. The summed E-state index contributed by atoms with van der Waals surface area (Å²) in [6, 6.07) is 0. The fourth-order valence-electron chi connectivity index (χ4n) is 1.12. The van der Waals surface area contributed by atoms with Crippen LogP contribution in [0.25, 0.3) is 0 Å². The predicted octanol–water partition coefficient (Wildman–Crippen LogP) is 1.01. The third kappa shape index (κ3) is 2.72. The summed E-state index contributed by atoms with van der Waals surface area (Å²) in [6.45, 7) is 2.07. The molecule has 86 valence electrons. The summed E-state index contributed by atoms with van der Waals surface area (Å²) in [5.41, 5.74) is 5.40. The van der Waals surface area contributed by atoms with Crippen LogP contribution in [0.5, 0.6) is 0 Å². The number of rotatable bonds is 5. The molecule has 0 spiro atoms. The Hall–Kier alpha value is -1.57. The normalized spacial score (nSPS) is 10.8. The topological polar surface area (TPSA) is 107 Å². The monoisotopic (exact) mass is 240 g/mol. The molecule has 0 amide bonds. The van der Waals surface area contributed by atoms with Gasteiger partial charge in [0.15, 0.2) is 5.82 Å². The van der Waals surface area contributed by atoms with Crippen LogP contribution in [0.15, 0.2) is 9.68 Å². The molecule has 0 saturated carbocycles. The predicted molar refractivity (Wildman–Crippen MR) is 58.6 cm³/mol. The zero-order valence-electron chi connectivity index (χ0n) is 8.80. The third-order valence-electron chi connectivity index (χ3n) is 1.79. The fraction of sp³-hybridized carbons (Fsp3) is 0.500. The molecule has 0 aliphatic carbocycles. The van der Waals surface area contributed by atoms with Gasteiger partial charge in [-0.1, -0.05) is 23.8 Å². The van der Waals surface area contributed by atoms with Crippen molar-refractivity contribution in [1.29, 1.82) is 0 Å². The molecule has 0 bridgehead atoms. The maximum absolute atomic E-state index is 5.40. The molecule has 0 aliphatic heterocycles. The van der Waals surface area contributed by atoms with Crippen LogP contribution >= 0.6 is 11.8 Å². The summed E-state index contributed by atoms with van der Waals surface area (Å²) in [7, 11) is 0. The van der Waals surface area contributed by atoms with Crippen LogP contribution in [-0.4, -0.2) is 25.3 Å². The van der Waals surface area contributed by atoms with Crippen molar-refractivity contribution in [2.45, 2.75) is 30.7 Å². The second-order valence-electron chi connectivity index (χ2n) is 3.15. The number of nitrogens with two attached hydrogens (primary N) is 1. The van der Waals surface area contributed by atoms with E-state index in [1.54, 1.807) is 0 Å². The van der Waals surface area contributed by atoms with Gasteiger partial charge in [0, 0.05) is 6.42 Å². The van der Waals surface area contributed by atoms with Crippen LogP contribution in [0, 0.1) is 0 Å². The van der Waals surface area contributed by atoms with Crippen LogP contribution in [0.1, 0.15) is 25.1 Å². The van der Waals surface area contributed by atoms with E-state index in [1.807, 2.05) is 0 Å². The van der Waals surface area contributed by atoms with Gasteiger partial charge in [0.25, 0.3) is 0 Å². The van der Waals surface area contributed by atoms with Crippen molar-refractivity contribution in [3.8, 4) is 0 Å². The Kier molecular flexibility index (Phi) is 3.40. The summed E-state index contributed by atoms with van der Waals surface area (Å²) in [4.78, 5) is 8.18. The van der Waals surface area contributed by atoms with E-state index in [9.17, 15) is 0 Å². The molecule has 7 nitrogen and oxygen atoms in total. The minimum Gasteiger partial charge on any atom is -0.368 e. The number of nitrogens with zero attached hydrogens (tertiary/aromatic N) is 4. The maximum Gasteiger partial charge on any atom is 0.237 e. The van der Waals surface area contributed by atoms with Gasteiger partial charge < -0.3 is 10.3 Å². The van der Waals surface area contributed by atoms with Crippen molar-refractivity contribution in [3.05, 3.63) is 11.7 Å².